The highest BCUT2D eigenvalue weighted by molar-refractivity contribution is 7.97. The predicted molar refractivity (Wildman–Crippen MR) is 49.5 cm³/mol. The Morgan fingerprint density at radius 2 is 2.17 bits per heavy atom. The summed E-state index contributed by atoms with van der Waals surface area (Å²) < 4.78 is 2.59. The molecule has 12 heavy (non-hydrogen) atoms. The van der Waals surface area contributed by atoms with Gasteiger partial charge in [-0.3, -0.25) is 9.36 Å². The van der Waals surface area contributed by atoms with Crippen LogP contribution in [0.4, 0.5) is 0 Å². The van der Waals surface area contributed by atoms with E-state index in [-0.39, 0.29) is 11.2 Å². The van der Waals surface area contributed by atoms with Crippen LogP contribution in [0.2, 0.25) is 0 Å². The average molecular weight is 186 g/mol. The molecule has 0 saturated heterocycles. The first-order valence-electron chi connectivity index (χ1n) is 3.42. The molecule has 0 spiro atoms. The second-order valence-electron chi connectivity index (χ2n) is 2.39. The van der Waals surface area contributed by atoms with Gasteiger partial charge >= 0.3 is 5.69 Å². The summed E-state index contributed by atoms with van der Waals surface area (Å²) in [5.74, 6) is 0.409. The maximum atomic E-state index is 11.3. The van der Waals surface area contributed by atoms with Gasteiger partial charge in [0.05, 0.1) is 5.88 Å². The summed E-state index contributed by atoms with van der Waals surface area (Å²) in [5.41, 5.74) is -0.510. The summed E-state index contributed by atoms with van der Waals surface area (Å²) in [5, 5.41) is 0. The Bertz CT molecular complexity index is 380. The molecule has 0 aliphatic heterocycles. The van der Waals surface area contributed by atoms with Crippen LogP contribution >= 0.6 is 11.8 Å². The number of hydrogen-bond acceptors (Lipinski definition) is 3. The number of aromatic nitrogens is 2. The summed E-state index contributed by atoms with van der Waals surface area (Å²) in [6, 6.07) is 1.39. The molecule has 1 heterocycles. The molecule has 0 amide bonds. The van der Waals surface area contributed by atoms with Gasteiger partial charge in [-0.2, -0.15) is 0 Å². The molecule has 0 aromatic carbocycles. The summed E-state index contributed by atoms with van der Waals surface area (Å²) in [4.78, 5) is 22.4. The molecule has 0 unspecified atom stereocenters. The molecular formula is C7H10N2O2S. The molecule has 0 bridgehead atoms. The molecule has 0 radical (unpaired) electrons. The highest BCUT2D eigenvalue weighted by Gasteiger charge is 1.99. The molecule has 66 valence electrons. The number of nitrogens with zero attached hydrogens (tertiary/aromatic N) is 2. The van der Waals surface area contributed by atoms with Crippen LogP contribution in [0.15, 0.2) is 21.9 Å². The number of aryl methyl sites for hydroxylation is 1. The van der Waals surface area contributed by atoms with Gasteiger partial charge in [-0.15, -0.1) is 11.8 Å². The van der Waals surface area contributed by atoms with Gasteiger partial charge in [0.15, 0.2) is 0 Å². The van der Waals surface area contributed by atoms with Crippen molar-refractivity contribution in [3.8, 4) is 0 Å². The summed E-state index contributed by atoms with van der Waals surface area (Å²) in [6.45, 7) is 0. The Hall–Kier alpha value is -0.970. The molecular weight excluding hydrogens is 176 g/mol. The standard InChI is InChI=1S/C7H10N2O2S/c1-8-4-3-6(10)9(5-12-2)7(8)11/h3-4H,5H2,1-2H3. The van der Waals surface area contributed by atoms with Crippen LogP contribution in [0.1, 0.15) is 0 Å². The fourth-order valence-corrected chi connectivity index (χ4v) is 1.36. The van der Waals surface area contributed by atoms with Crippen LogP contribution in [0.3, 0.4) is 0 Å². The second kappa shape index (κ2) is 3.62. The van der Waals surface area contributed by atoms with E-state index in [1.54, 1.807) is 7.05 Å². The monoisotopic (exact) mass is 186 g/mol. The lowest BCUT2D eigenvalue weighted by atomic mass is 10.6. The van der Waals surface area contributed by atoms with E-state index >= 15 is 0 Å². The van der Waals surface area contributed by atoms with Crippen molar-refractivity contribution in [2.24, 2.45) is 7.05 Å². The van der Waals surface area contributed by atoms with Crippen molar-refractivity contribution in [1.29, 1.82) is 0 Å². The molecule has 1 aromatic rings. The quantitative estimate of drug-likeness (QED) is 0.646. The third kappa shape index (κ3) is 1.61. The summed E-state index contributed by atoms with van der Waals surface area (Å²) >= 11 is 1.44. The highest BCUT2D eigenvalue weighted by atomic mass is 32.2. The van der Waals surface area contributed by atoms with E-state index < -0.39 is 0 Å². The van der Waals surface area contributed by atoms with E-state index in [0.717, 1.165) is 0 Å². The fourth-order valence-electron chi connectivity index (χ4n) is 0.862. The molecule has 0 aliphatic rings. The Kier molecular flexibility index (Phi) is 2.75. The third-order valence-electron chi connectivity index (χ3n) is 1.50. The van der Waals surface area contributed by atoms with Crippen molar-refractivity contribution in [2.75, 3.05) is 6.26 Å². The van der Waals surface area contributed by atoms with Crippen LogP contribution in [-0.4, -0.2) is 15.4 Å². The minimum absolute atomic E-state index is 0.243. The van der Waals surface area contributed by atoms with Crippen LogP contribution < -0.4 is 11.2 Å². The van der Waals surface area contributed by atoms with Gasteiger partial charge < -0.3 is 4.57 Å². The maximum Gasteiger partial charge on any atom is 0.331 e. The third-order valence-corrected chi connectivity index (χ3v) is 2.01. The van der Waals surface area contributed by atoms with E-state index in [4.69, 9.17) is 0 Å². The van der Waals surface area contributed by atoms with Gasteiger partial charge in [-0.1, -0.05) is 0 Å². The first kappa shape index (κ1) is 9.12. The first-order chi connectivity index (χ1) is 5.66. The zero-order valence-corrected chi connectivity index (χ0v) is 7.80. The lowest BCUT2D eigenvalue weighted by Gasteiger charge is -2.02. The van der Waals surface area contributed by atoms with Crippen LogP contribution in [-0.2, 0) is 12.9 Å². The van der Waals surface area contributed by atoms with Gasteiger partial charge in [0, 0.05) is 19.3 Å². The van der Waals surface area contributed by atoms with Crippen LogP contribution in [0.5, 0.6) is 0 Å². The first-order valence-corrected chi connectivity index (χ1v) is 4.81. The molecule has 0 atom stereocenters. The van der Waals surface area contributed by atoms with Crippen LogP contribution in [0, 0.1) is 0 Å². The molecule has 0 saturated carbocycles. The lowest BCUT2D eigenvalue weighted by Crippen LogP contribution is -2.37. The molecule has 0 fully saturated rings. The molecule has 1 aromatic heterocycles. The van der Waals surface area contributed by atoms with Crippen molar-refractivity contribution in [1.82, 2.24) is 9.13 Å². The van der Waals surface area contributed by atoms with Gasteiger partial charge in [0.25, 0.3) is 5.56 Å². The normalized spacial score (nSPS) is 10.2. The minimum Gasteiger partial charge on any atom is -0.303 e. The van der Waals surface area contributed by atoms with Crippen LogP contribution in [0.25, 0.3) is 0 Å². The Balaban J connectivity index is 3.34. The summed E-state index contributed by atoms with van der Waals surface area (Å²) in [7, 11) is 1.62. The summed E-state index contributed by atoms with van der Waals surface area (Å²) in [6.07, 6.45) is 3.32. The van der Waals surface area contributed by atoms with Gasteiger partial charge in [0.2, 0.25) is 0 Å². The van der Waals surface area contributed by atoms with Gasteiger partial charge in [-0.05, 0) is 6.26 Å². The van der Waals surface area contributed by atoms with Crippen molar-refractivity contribution in [2.45, 2.75) is 5.88 Å². The van der Waals surface area contributed by atoms with E-state index in [1.165, 1.54) is 33.2 Å². The van der Waals surface area contributed by atoms with E-state index in [9.17, 15) is 9.59 Å². The largest absolute Gasteiger partial charge is 0.331 e. The zero-order chi connectivity index (χ0) is 9.14. The van der Waals surface area contributed by atoms with Gasteiger partial charge in [-0.25, -0.2) is 4.79 Å². The number of hydrogen-bond donors (Lipinski definition) is 0. The van der Waals surface area contributed by atoms with E-state index in [1.807, 2.05) is 6.26 Å². The van der Waals surface area contributed by atoms with E-state index in [2.05, 4.69) is 0 Å². The topological polar surface area (TPSA) is 44.0 Å². The molecule has 0 aliphatic carbocycles. The molecule has 0 N–H and O–H groups in total. The lowest BCUT2D eigenvalue weighted by molar-refractivity contribution is 0.677. The molecule has 4 nitrogen and oxygen atoms in total. The van der Waals surface area contributed by atoms with Gasteiger partial charge in [0.1, 0.15) is 0 Å². The number of rotatable bonds is 2. The highest BCUT2D eigenvalue weighted by Crippen LogP contribution is 1.91. The Morgan fingerprint density at radius 1 is 1.50 bits per heavy atom. The Morgan fingerprint density at radius 3 is 2.75 bits per heavy atom. The fraction of sp³-hybridized carbons (Fsp3) is 0.429. The average Bonchev–Trinajstić information content (AvgIpc) is 2.06. The minimum atomic E-state index is -0.267. The molecule has 1 rings (SSSR count). The van der Waals surface area contributed by atoms with Crippen molar-refractivity contribution < 1.29 is 0 Å². The maximum absolute atomic E-state index is 11.3. The smallest absolute Gasteiger partial charge is 0.303 e. The number of thioether (sulfide) groups is 1. The SMILES string of the molecule is CSCn1c(=O)ccn(C)c1=O. The van der Waals surface area contributed by atoms with Crippen molar-refractivity contribution >= 4 is 11.8 Å². The van der Waals surface area contributed by atoms with Crippen molar-refractivity contribution in [3.63, 3.8) is 0 Å². The second-order valence-corrected chi connectivity index (χ2v) is 3.23. The van der Waals surface area contributed by atoms with Crippen molar-refractivity contribution in [3.05, 3.63) is 33.1 Å². The molecule has 5 heteroatoms. The Labute approximate surface area is 73.8 Å². The zero-order valence-electron chi connectivity index (χ0n) is 6.98. The predicted octanol–water partition coefficient (Wildman–Crippen LogP) is -0.133. The van der Waals surface area contributed by atoms with E-state index in [0.29, 0.717) is 5.88 Å².